The van der Waals surface area contributed by atoms with Gasteiger partial charge in [-0.05, 0) is 59.6 Å². The Morgan fingerprint density at radius 1 is 1.08 bits per heavy atom. The molecule has 0 aliphatic heterocycles. The van der Waals surface area contributed by atoms with Crippen LogP contribution in [0.1, 0.15) is 78.8 Å². The van der Waals surface area contributed by atoms with Crippen molar-refractivity contribution in [2.45, 2.75) is 65.7 Å². The van der Waals surface area contributed by atoms with Crippen LogP contribution in [0.3, 0.4) is 0 Å². The fourth-order valence-electron chi connectivity index (χ4n) is 3.64. The Morgan fingerprint density at radius 2 is 1.68 bits per heavy atom. The summed E-state index contributed by atoms with van der Waals surface area (Å²) >= 11 is 0.990. The molecule has 0 saturated carbocycles. The summed E-state index contributed by atoms with van der Waals surface area (Å²) in [7, 11) is 3.03. The van der Waals surface area contributed by atoms with Gasteiger partial charge in [0.15, 0.2) is 0 Å². The number of thiophene rings is 1. The van der Waals surface area contributed by atoms with E-state index in [0.29, 0.717) is 12.0 Å². The van der Waals surface area contributed by atoms with Gasteiger partial charge in [0.2, 0.25) is 6.41 Å². The van der Waals surface area contributed by atoms with Crippen LogP contribution < -0.4 is 4.90 Å². The predicted molar refractivity (Wildman–Crippen MR) is 147 cm³/mol. The molecule has 1 aromatic carbocycles. The van der Waals surface area contributed by atoms with Crippen molar-refractivity contribution in [3.05, 3.63) is 51.9 Å². The van der Waals surface area contributed by atoms with Gasteiger partial charge in [-0.1, -0.05) is 30.3 Å². The molecule has 0 aliphatic carbocycles. The average Bonchev–Trinajstić information content (AvgIpc) is 3.20. The lowest BCUT2D eigenvalue weighted by Crippen LogP contribution is -2.53. The number of anilines is 1. The lowest BCUT2D eigenvalue weighted by atomic mass is 10.0. The first-order valence-electron chi connectivity index (χ1n) is 12.3. The van der Waals surface area contributed by atoms with Crippen molar-refractivity contribution in [1.29, 1.82) is 0 Å². The second-order valence-electron chi connectivity index (χ2n) is 10.3. The number of esters is 2. The molecule has 1 aromatic heterocycles. The predicted octanol–water partition coefficient (Wildman–Crippen LogP) is 4.78. The summed E-state index contributed by atoms with van der Waals surface area (Å²) in [6.45, 7) is 12.0. The molecule has 10 heteroatoms. The minimum atomic E-state index is -1.34. The molecular formula is C28H38N2O7S. The fraction of sp³-hybridized carbons (Fsp3) is 0.500. The lowest BCUT2D eigenvalue weighted by Gasteiger charge is -2.36. The maximum Gasteiger partial charge on any atom is 0.348 e. The number of amides is 2. The summed E-state index contributed by atoms with van der Waals surface area (Å²) in [5.41, 5.74) is -0.755. The first-order chi connectivity index (χ1) is 17.7. The summed E-state index contributed by atoms with van der Waals surface area (Å²) in [6.07, 6.45) is 0.110. The van der Waals surface area contributed by atoms with Crippen LogP contribution in [0.25, 0.3) is 0 Å². The topological polar surface area (TPSA) is 102 Å². The Morgan fingerprint density at radius 3 is 2.18 bits per heavy atom. The number of nitrogens with zero attached hydrogens (tertiary/aromatic N) is 2. The maximum atomic E-state index is 13.9. The standard InChI is InChI=1S/C28H38N2O7S/c1-10-36-25(33)22-18(2)21(23(32)29(8)28(6,7)26(34)37-27(3,4)5)24(38-22)30(17-31)16-20(35-9)19-14-12-11-13-15-19/h11-15,17,20H,10,16H2,1-9H3. The molecule has 38 heavy (non-hydrogen) atoms. The van der Waals surface area contributed by atoms with E-state index in [-0.39, 0.29) is 28.6 Å². The van der Waals surface area contributed by atoms with E-state index >= 15 is 0 Å². The third-order valence-electron chi connectivity index (χ3n) is 6.05. The van der Waals surface area contributed by atoms with E-state index in [4.69, 9.17) is 14.2 Å². The molecule has 0 fully saturated rings. The van der Waals surface area contributed by atoms with Crippen LogP contribution >= 0.6 is 11.3 Å². The molecule has 2 amide bonds. The summed E-state index contributed by atoms with van der Waals surface area (Å²) < 4.78 is 16.4. The van der Waals surface area contributed by atoms with Gasteiger partial charge in [0, 0.05) is 14.2 Å². The average molecular weight is 547 g/mol. The Bertz CT molecular complexity index is 1150. The molecule has 1 heterocycles. The van der Waals surface area contributed by atoms with Crippen molar-refractivity contribution in [3.8, 4) is 0 Å². The fourth-order valence-corrected chi connectivity index (χ4v) is 4.81. The van der Waals surface area contributed by atoms with Crippen LogP contribution in [0.2, 0.25) is 0 Å². The Hall–Kier alpha value is -3.24. The normalized spacial score (nSPS) is 12.4. The molecule has 0 saturated heterocycles. The van der Waals surface area contributed by atoms with Crippen molar-refractivity contribution < 1.29 is 33.4 Å². The molecule has 9 nitrogen and oxygen atoms in total. The molecule has 1 atom stereocenters. The smallest absolute Gasteiger partial charge is 0.348 e. The highest BCUT2D eigenvalue weighted by Crippen LogP contribution is 2.39. The third kappa shape index (κ3) is 6.99. The van der Waals surface area contributed by atoms with Crippen LogP contribution in [-0.2, 0) is 23.8 Å². The summed E-state index contributed by atoms with van der Waals surface area (Å²) in [6, 6.07) is 9.36. The molecule has 0 aliphatic rings. The zero-order chi connectivity index (χ0) is 28.8. The number of carbonyl (C=O) groups is 4. The largest absolute Gasteiger partial charge is 0.462 e. The van der Waals surface area contributed by atoms with E-state index in [1.54, 1.807) is 48.5 Å². The maximum absolute atomic E-state index is 13.9. The van der Waals surface area contributed by atoms with Crippen LogP contribution in [0.5, 0.6) is 0 Å². The van der Waals surface area contributed by atoms with E-state index in [1.807, 2.05) is 30.3 Å². The molecule has 0 spiro atoms. The lowest BCUT2D eigenvalue weighted by molar-refractivity contribution is -0.165. The van der Waals surface area contributed by atoms with E-state index < -0.39 is 35.1 Å². The summed E-state index contributed by atoms with van der Waals surface area (Å²) in [5, 5.41) is 0.260. The van der Waals surface area contributed by atoms with Gasteiger partial charge in [0.05, 0.1) is 18.7 Å². The van der Waals surface area contributed by atoms with Crippen LogP contribution in [0.4, 0.5) is 5.00 Å². The van der Waals surface area contributed by atoms with E-state index in [9.17, 15) is 19.2 Å². The van der Waals surface area contributed by atoms with Gasteiger partial charge >= 0.3 is 11.9 Å². The molecule has 2 rings (SSSR count). The minimum absolute atomic E-state index is 0.0890. The Kier molecular flexibility index (Phi) is 10.2. The molecular weight excluding hydrogens is 508 g/mol. The number of hydrogen-bond donors (Lipinski definition) is 0. The van der Waals surface area contributed by atoms with Crippen LogP contribution in [-0.4, -0.2) is 67.6 Å². The summed E-state index contributed by atoms with van der Waals surface area (Å²) in [4.78, 5) is 54.9. The molecule has 2 aromatic rings. The second-order valence-corrected chi connectivity index (χ2v) is 11.3. The van der Waals surface area contributed by atoms with Gasteiger partial charge < -0.3 is 24.0 Å². The number of methoxy groups -OCH3 is 1. The summed E-state index contributed by atoms with van der Waals surface area (Å²) in [5.74, 6) is -1.72. The van der Waals surface area contributed by atoms with E-state index in [2.05, 4.69) is 0 Å². The third-order valence-corrected chi connectivity index (χ3v) is 7.36. The second kappa shape index (κ2) is 12.5. The van der Waals surface area contributed by atoms with Crippen LogP contribution in [0.15, 0.2) is 30.3 Å². The van der Waals surface area contributed by atoms with Gasteiger partial charge in [0.25, 0.3) is 5.91 Å². The van der Waals surface area contributed by atoms with Crippen molar-refractivity contribution in [2.75, 3.05) is 32.2 Å². The van der Waals surface area contributed by atoms with Crippen molar-refractivity contribution in [2.24, 2.45) is 0 Å². The molecule has 208 valence electrons. The van der Waals surface area contributed by atoms with Gasteiger partial charge in [-0.2, -0.15) is 0 Å². The molecule has 0 radical (unpaired) electrons. The number of ether oxygens (including phenoxy) is 3. The minimum Gasteiger partial charge on any atom is -0.462 e. The van der Waals surface area contributed by atoms with Crippen molar-refractivity contribution >= 4 is 40.6 Å². The highest BCUT2D eigenvalue weighted by Gasteiger charge is 2.41. The van der Waals surface area contributed by atoms with Gasteiger partial charge in [-0.25, -0.2) is 9.59 Å². The number of benzene rings is 1. The number of likely N-dealkylation sites (N-methyl/N-ethyl adjacent to an activating group) is 1. The van der Waals surface area contributed by atoms with Gasteiger partial charge in [-0.15, -0.1) is 11.3 Å². The first kappa shape index (κ1) is 31.0. The number of carbonyl (C=O) groups excluding carboxylic acids is 4. The molecule has 1 unspecified atom stereocenters. The van der Waals surface area contributed by atoms with Crippen molar-refractivity contribution in [1.82, 2.24) is 4.90 Å². The zero-order valence-electron chi connectivity index (χ0n) is 23.6. The van der Waals surface area contributed by atoms with E-state index in [1.165, 1.54) is 24.0 Å². The first-order valence-corrected chi connectivity index (χ1v) is 13.1. The molecule has 0 bridgehead atoms. The quantitative estimate of drug-likeness (QED) is 0.295. The number of hydrogen-bond acceptors (Lipinski definition) is 8. The highest BCUT2D eigenvalue weighted by molar-refractivity contribution is 7.18. The Labute approximate surface area is 228 Å². The van der Waals surface area contributed by atoms with Gasteiger partial charge in [-0.3, -0.25) is 9.59 Å². The monoisotopic (exact) mass is 546 g/mol. The number of rotatable bonds is 11. The molecule has 0 N–H and O–H groups in total. The van der Waals surface area contributed by atoms with Gasteiger partial charge in [0.1, 0.15) is 27.1 Å². The van der Waals surface area contributed by atoms with Crippen LogP contribution in [0, 0.1) is 6.92 Å². The zero-order valence-corrected chi connectivity index (χ0v) is 24.4. The van der Waals surface area contributed by atoms with E-state index in [0.717, 1.165) is 16.9 Å². The Balaban J connectivity index is 2.59. The van der Waals surface area contributed by atoms with Crippen molar-refractivity contribution in [3.63, 3.8) is 0 Å². The SMILES string of the molecule is CCOC(=O)c1sc(N(C=O)CC(OC)c2ccccc2)c(C(=O)N(C)C(C)(C)C(=O)OC(C)(C)C)c1C. The highest BCUT2D eigenvalue weighted by atomic mass is 32.1.